The van der Waals surface area contributed by atoms with E-state index < -0.39 is 12.0 Å². The van der Waals surface area contributed by atoms with E-state index in [1.807, 2.05) is 0 Å². The normalized spacial score (nSPS) is 18.1. The molecule has 1 fully saturated rings. The van der Waals surface area contributed by atoms with Gasteiger partial charge < -0.3 is 14.4 Å². The Bertz CT molecular complexity index is 541. The van der Waals surface area contributed by atoms with Crippen molar-refractivity contribution in [2.75, 3.05) is 25.7 Å². The van der Waals surface area contributed by atoms with Gasteiger partial charge in [-0.05, 0) is 18.2 Å². The third-order valence-electron chi connectivity index (χ3n) is 3.19. The Morgan fingerprint density at radius 3 is 2.70 bits per heavy atom. The minimum atomic E-state index is -1.76. The molecule has 1 atom stereocenters. The lowest BCUT2D eigenvalue weighted by Gasteiger charge is -2.19. The number of hydrogen-bond donors (Lipinski definition) is 0. The molecule has 1 heterocycles. The first kappa shape index (κ1) is 14.3. The third-order valence-corrected chi connectivity index (χ3v) is 3.19. The number of anilines is 1. The lowest BCUT2D eigenvalue weighted by molar-refractivity contribution is -0.117. The zero-order chi connectivity index (χ0) is 14.7. The van der Waals surface area contributed by atoms with Crippen molar-refractivity contribution >= 4 is 11.6 Å². The van der Waals surface area contributed by atoms with E-state index in [-0.39, 0.29) is 18.9 Å². The van der Waals surface area contributed by atoms with Crippen molar-refractivity contribution in [3.8, 4) is 11.5 Å². The van der Waals surface area contributed by atoms with E-state index in [9.17, 15) is 13.6 Å². The van der Waals surface area contributed by atoms with E-state index in [1.165, 1.54) is 19.1 Å². The molecule has 0 radical (unpaired) electrons. The molecule has 20 heavy (non-hydrogen) atoms. The van der Waals surface area contributed by atoms with Gasteiger partial charge in [0, 0.05) is 24.9 Å². The summed E-state index contributed by atoms with van der Waals surface area (Å²) >= 11 is 0. The highest BCUT2D eigenvalue weighted by molar-refractivity contribution is 5.97. The molecule has 1 aliphatic rings. The number of methoxy groups -OCH3 is 2. The van der Waals surface area contributed by atoms with Crippen LogP contribution in [0.3, 0.4) is 0 Å². The maximum atomic E-state index is 12.3. The molecule has 1 amide bonds. The van der Waals surface area contributed by atoms with Crippen LogP contribution in [0.1, 0.15) is 6.42 Å². The van der Waals surface area contributed by atoms with Crippen molar-refractivity contribution in [2.45, 2.75) is 6.42 Å². The van der Waals surface area contributed by atoms with Crippen LogP contribution in [0.25, 0.3) is 0 Å². The molecule has 0 saturated carbocycles. The Kier molecular flexibility index (Phi) is 4.22. The fraction of sp³-hybridized carbons (Fsp3) is 0.357. The van der Waals surface area contributed by atoms with Crippen molar-refractivity contribution < 1.29 is 23.0 Å². The third kappa shape index (κ3) is 2.89. The van der Waals surface area contributed by atoms with E-state index in [1.54, 1.807) is 18.2 Å². The van der Waals surface area contributed by atoms with E-state index >= 15 is 0 Å². The van der Waals surface area contributed by atoms with Gasteiger partial charge >= 0.3 is 0 Å². The standard InChI is InChI=1S/C14H15F2NO3/c1-19-10-3-4-11(12(7-10)20-2)17-8-9(5-13(15)16)6-14(17)18/h3-5,7,9H,6,8H2,1-2H3. The average Bonchev–Trinajstić information content (AvgIpc) is 2.77. The van der Waals surface area contributed by atoms with Crippen LogP contribution in [0, 0.1) is 5.92 Å². The van der Waals surface area contributed by atoms with E-state index in [0.717, 1.165) is 6.08 Å². The van der Waals surface area contributed by atoms with Gasteiger partial charge in [0.2, 0.25) is 5.91 Å². The number of carbonyl (C=O) groups is 1. The zero-order valence-corrected chi connectivity index (χ0v) is 11.2. The number of nitrogens with zero attached hydrogens (tertiary/aromatic N) is 1. The fourth-order valence-corrected chi connectivity index (χ4v) is 2.27. The van der Waals surface area contributed by atoms with Gasteiger partial charge in [0.15, 0.2) is 0 Å². The van der Waals surface area contributed by atoms with Crippen molar-refractivity contribution in [1.29, 1.82) is 0 Å². The second-order valence-electron chi connectivity index (χ2n) is 4.46. The number of carbonyl (C=O) groups excluding carboxylic acids is 1. The summed E-state index contributed by atoms with van der Waals surface area (Å²) in [5.41, 5.74) is 0.563. The van der Waals surface area contributed by atoms with Crippen LogP contribution in [0.5, 0.6) is 11.5 Å². The summed E-state index contributed by atoms with van der Waals surface area (Å²) in [7, 11) is 3.01. The quantitative estimate of drug-likeness (QED) is 0.853. The minimum absolute atomic E-state index is 0.0759. The Labute approximate surface area is 115 Å². The Morgan fingerprint density at radius 2 is 2.10 bits per heavy atom. The topological polar surface area (TPSA) is 38.8 Å². The van der Waals surface area contributed by atoms with Crippen molar-refractivity contribution in [3.05, 3.63) is 30.4 Å². The molecular formula is C14H15F2NO3. The molecule has 0 aromatic heterocycles. The van der Waals surface area contributed by atoms with Crippen molar-refractivity contribution in [1.82, 2.24) is 0 Å². The predicted molar refractivity (Wildman–Crippen MR) is 70.3 cm³/mol. The second-order valence-corrected chi connectivity index (χ2v) is 4.46. The van der Waals surface area contributed by atoms with Crippen LogP contribution in [0.4, 0.5) is 14.5 Å². The molecule has 0 N–H and O–H groups in total. The summed E-state index contributed by atoms with van der Waals surface area (Å²) in [4.78, 5) is 13.4. The molecule has 2 rings (SSSR count). The van der Waals surface area contributed by atoms with Crippen LogP contribution >= 0.6 is 0 Å². The number of halogens is 2. The minimum Gasteiger partial charge on any atom is -0.497 e. The molecular weight excluding hydrogens is 268 g/mol. The smallest absolute Gasteiger partial charge is 0.266 e. The number of amides is 1. The van der Waals surface area contributed by atoms with Gasteiger partial charge in [-0.3, -0.25) is 4.79 Å². The Morgan fingerprint density at radius 1 is 1.35 bits per heavy atom. The van der Waals surface area contributed by atoms with Gasteiger partial charge in [0.25, 0.3) is 6.08 Å². The van der Waals surface area contributed by atoms with Gasteiger partial charge in [-0.2, -0.15) is 8.78 Å². The highest BCUT2D eigenvalue weighted by Gasteiger charge is 2.31. The zero-order valence-electron chi connectivity index (χ0n) is 11.2. The molecule has 1 unspecified atom stereocenters. The first-order chi connectivity index (χ1) is 9.55. The molecule has 0 aliphatic carbocycles. The first-order valence-corrected chi connectivity index (χ1v) is 6.10. The van der Waals surface area contributed by atoms with Crippen LogP contribution in [-0.4, -0.2) is 26.7 Å². The molecule has 0 bridgehead atoms. The maximum absolute atomic E-state index is 12.3. The monoisotopic (exact) mass is 283 g/mol. The van der Waals surface area contributed by atoms with Crippen LogP contribution < -0.4 is 14.4 Å². The van der Waals surface area contributed by atoms with Gasteiger partial charge in [-0.25, -0.2) is 0 Å². The van der Waals surface area contributed by atoms with Crippen molar-refractivity contribution in [2.24, 2.45) is 5.92 Å². The molecule has 0 spiro atoms. The predicted octanol–water partition coefficient (Wildman–Crippen LogP) is 2.84. The lowest BCUT2D eigenvalue weighted by atomic mass is 10.1. The number of benzene rings is 1. The van der Waals surface area contributed by atoms with Gasteiger partial charge in [-0.1, -0.05) is 0 Å². The summed E-state index contributed by atoms with van der Waals surface area (Å²) in [6, 6.07) is 5.04. The molecule has 1 aromatic carbocycles. The van der Waals surface area contributed by atoms with Crippen LogP contribution in [0.15, 0.2) is 30.4 Å². The van der Waals surface area contributed by atoms with Gasteiger partial charge in [-0.15, -0.1) is 0 Å². The fourth-order valence-electron chi connectivity index (χ4n) is 2.27. The second kappa shape index (κ2) is 5.90. The number of hydrogen-bond acceptors (Lipinski definition) is 3. The van der Waals surface area contributed by atoms with E-state index in [4.69, 9.17) is 9.47 Å². The highest BCUT2D eigenvalue weighted by atomic mass is 19.3. The molecule has 1 aromatic rings. The lowest BCUT2D eigenvalue weighted by Crippen LogP contribution is -2.24. The average molecular weight is 283 g/mol. The van der Waals surface area contributed by atoms with E-state index in [0.29, 0.717) is 17.2 Å². The summed E-state index contributed by atoms with van der Waals surface area (Å²) in [5.74, 6) is 0.404. The van der Waals surface area contributed by atoms with E-state index in [2.05, 4.69) is 0 Å². The summed E-state index contributed by atoms with van der Waals surface area (Å²) in [6.45, 7) is 0.221. The molecule has 1 aliphatic heterocycles. The number of ether oxygens (including phenoxy) is 2. The Balaban J connectivity index is 2.28. The SMILES string of the molecule is COc1ccc(N2CC(C=C(F)F)CC2=O)c(OC)c1. The van der Waals surface area contributed by atoms with Gasteiger partial charge in [0.1, 0.15) is 11.5 Å². The molecule has 4 nitrogen and oxygen atoms in total. The maximum Gasteiger partial charge on any atom is 0.266 e. The Hall–Kier alpha value is -2.11. The molecule has 1 saturated heterocycles. The van der Waals surface area contributed by atoms with Crippen LogP contribution in [0.2, 0.25) is 0 Å². The molecule has 108 valence electrons. The largest absolute Gasteiger partial charge is 0.497 e. The van der Waals surface area contributed by atoms with Crippen LogP contribution in [-0.2, 0) is 4.79 Å². The summed E-state index contributed by atoms with van der Waals surface area (Å²) in [5, 5.41) is 0. The highest BCUT2D eigenvalue weighted by Crippen LogP contribution is 2.36. The van der Waals surface area contributed by atoms with Crippen molar-refractivity contribution in [3.63, 3.8) is 0 Å². The summed E-state index contributed by atoms with van der Waals surface area (Å²) in [6.07, 6.45) is -0.855. The van der Waals surface area contributed by atoms with Gasteiger partial charge in [0.05, 0.1) is 19.9 Å². The number of rotatable bonds is 4. The molecule has 6 heteroatoms. The summed E-state index contributed by atoms with van der Waals surface area (Å²) < 4.78 is 34.9. The first-order valence-electron chi connectivity index (χ1n) is 6.10.